The summed E-state index contributed by atoms with van der Waals surface area (Å²) >= 11 is 0. The van der Waals surface area contributed by atoms with Crippen molar-refractivity contribution in [2.75, 3.05) is 6.61 Å². The number of rotatable bonds is 5. The lowest BCUT2D eigenvalue weighted by Crippen LogP contribution is -1.89. The number of hydrogen-bond acceptors (Lipinski definition) is 2. The van der Waals surface area contributed by atoms with Gasteiger partial charge in [-0.1, -0.05) is 25.3 Å². The summed E-state index contributed by atoms with van der Waals surface area (Å²) < 4.78 is 14.7. The summed E-state index contributed by atoms with van der Waals surface area (Å²) in [6, 6.07) is 0. The van der Waals surface area contributed by atoms with Gasteiger partial charge in [0, 0.05) is 0 Å². The van der Waals surface area contributed by atoms with Gasteiger partial charge in [0.1, 0.15) is 6.61 Å². The van der Waals surface area contributed by atoms with Crippen molar-refractivity contribution in [1.29, 1.82) is 0 Å². The fourth-order valence-electron chi connectivity index (χ4n) is 0.507. The van der Waals surface area contributed by atoms with Gasteiger partial charge in [-0.2, -0.15) is 0 Å². The van der Waals surface area contributed by atoms with Crippen LogP contribution in [0.2, 0.25) is 0 Å². The molecule has 0 bridgehead atoms. The normalized spacial score (nSPS) is 11.6. The molecular weight excluding hydrogens is 137 g/mol. The Hall–Kier alpha value is 0.0200. The summed E-state index contributed by atoms with van der Waals surface area (Å²) in [7, 11) is -1.87. The molecule has 1 unspecified atom stereocenters. The third-order valence-corrected chi connectivity index (χ3v) is 1.40. The van der Waals surface area contributed by atoms with E-state index in [2.05, 4.69) is 11.4 Å². The lowest BCUT2D eigenvalue weighted by Gasteiger charge is -1.88. The molecule has 0 aromatic carbocycles. The molecule has 0 saturated carbocycles. The highest BCUT2D eigenvalue weighted by Gasteiger charge is 2.05. The molecule has 0 rings (SSSR count). The average Bonchev–Trinajstić information content (AvgIpc) is 1.80. The van der Waals surface area contributed by atoms with Gasteiger partial charge >= 0.3 is 8.18 Å². The maximum absolute atomic E-state index is 10.1. The van der Waals surface area contributed by atoms with Crippen LogP contribution < -0.4 is 5.50 Å². The van der Waals surface area contributed by atoms with Crippen molar-refractivity contribution in [3.63, 3.8) is 0 Å². The molecule has 0 heterocycles. The second kappa shape index (κ2) is 6.14. The van der Waals surface area contributed by atoms with Crippen LogP contribution in [-0.4, -0.2) is 6.61 Å². The second-order valence-corrected chi connectivity index (χ2v) is 2.65. The van der Waals surface area contributed by atoms with E-state index < -0.39 is 8.18 Å². The first-order valence-corrected chi connectivity index (χ1v) is 4.37. The summed E-state index contributed by atoms with van der Waals surface area (Å²) in [5.41, 5.74) is 4.86. The Morgan fingerprint density at radius 2 is 2.22 bits per heavy atom. The number of nitrogens with two attached hydrogens (primary N) is 1. The third kappa shape index (κ3) is 8.02. The van der Waals surface area contributed by atoms with Gasteiger partial charge in [-0.25, -0.2) is 0 Å². The van der Waals surface area contributed by atoms with Gasteiger partial charge in [-0.15, -0.1) is 4.52 Å². The van der Waals surface area contributed by atoms with Gasteiger partial charge < -0.3 is 0 Å². The lowest BCUT2D eigenvalue weighted by molar-refractivity contribution is 0.318. The quantitative estimate of drug-likeness (QED) is 0.480. The minimum atomic E-state index is -1.87. The van der Waals surface area contributed by atoms with Crippen LogP contribution in [0.5, 0.6) is 0 Å². The maximum Gasteiger partial charge on any atom is 0.610 e. The van der Waals surface area contributed by atoms with E-state index in [1.165, 1.54) is 0 Å². The summed E-state index contributed by atoms with van der Waals surface area (Å²) in [5, 5.41) is 0. The van der Waals surface area contributed by atoms with E-state index in [9.17, 15) is 4.57 Å². The van der Waals surface area contributed by atoms with Crippen LogP contribution in [0.25, 0.3) is 0 Å². The van der Waals surface area contributed by atoms with Crippen molar-refractivity contribution in [2.24, 2.45) is 5.50 Å². The molecular formula is C5H13NO2P+. The van der Waals surface area contributed by atoms with E-state index in [0.717, 1.165) is 19.3 Å². The first-order valence-electron chi connectivity index (χ1n) is 3.12. The van der Waals surface area contributed by atoms with Gasteiger partial charge in [-0.05, 0) is 11.0 Å². The molecule has 0 aliphatic heterocycles. The zero-order chi connectivity index (χ0) is 7.11. The van der Waals surface area contributed by atoms with E-state index in [4.69, 9.17) is 5.50 Å². The predicted octanol–water partition coefficient (Wildman–Crippen LogP) is 1.81. The van der Waals surface area contributed by atoms with Gasteiger partial charge in [-0.3, -0.25) is 0 Å². The number of hydrogen-bond donors (Lipinski definition) is 1. The first kappa shape index (κ1) is 9.02. The van der Waals surface area contributed by atoms with Crippen molar-refractivity contribution in [3.05, 3.63) is 0 Å². The van der Waals surface area contributed by atoms with Crippen LogP contribution in [0.3, 0.4) is 0 Å². The van der Waals surface area contributed by atoms with Crippen molar-refractivity contribution in [3.8, 4) is 0 Å². The van der Waals surface area contributed by atoms with Crippen LogP contribution in [0, 0.1) is 0 Å². The number of unbranched alkanes of at least 4 members (excludes halogenated alkanes) is 2. The zero-order valence-corrected chi connectivity index (χ0v) is 6.56. The molecule has 1 atom stereocenters. The predicted molar refractivity (Wildman–Crippen MR) is 37.3 cm³/mol. The highest BCUT2D eigenvalue weighted by molar-refractivity contribution is 7.36. The van der Waals surface area contributed by atoms with Gasteiger partial charge in [0.05, 0.1) is 0 Å². The molecule has 0 spiro atoms. The van der Waals surface area contributed by atoms with Crippen LogP contribution in [0.15, 0.2) is 0 Å². The first-order chi connectivity index (χ1) is 4.27. The summed E-state index contributed by atoms with van der Waals surface area (Å²) in [5.74, 6) is 0. The summed E-state index contributed by atoms with van der Waals surface area (Å²) in [4.78, 5) is 0. The van der Waals surface area contributed by atoms with Crippen molar-refractivity contribution >= 4 is 8.18 Å². The van der Waals surface area contributed by atoms with E-state index in [-0.39, 0.29) is 0 Å². The van der Waals surface area contributed by atoms with Crippen LogP contribution in [-0.2, 0) is 9.09 Å². The maximum atomic E-state index is 10.1. The minimum Gasteiger partial charge on any atom is -0.130 e. The van der Waals surface area contributed by atoms with Gasteiger partial charge in [0.15, 0.2) is 0 Å². The standard InChI is InChI=1S/C5H13NO2P/c1-2-3-4-5-8-9(6)7/h2-5H2,1H3,(H2,6,7)/q+1. The fraction of sp³-hybridized carbons (Fsp3) is 1.00. The van der Waals surface area contributed by atoms with Crippen molar-refractivity contribution in [1.82, 2.24) is 0 Å². The zero-order valence-electron chi connectivity index (χ0n) is 5.67. The Morgan fingerprint density at radius 1 is 1.56 bits per heavy atom. The van der Waals surface area contributed by atoms with Crippen LogP contribution in [0.1, 0.15) is 26.2 Å². The molecule has 0 aromatic rings. The summed E-state index contributed by atoms with van der Waals surface area (Å²) in [6.07, 6.45) is 3.21. The van der Waals surface area contributed by atoms with Gasteiger partial charge in [0.2, 0.25) is 0 Å². The molecule has 54 valence electrons. The van der Waals surface area contributed by atoms with E-state index >= 15 is 0 Å². The van der Waals surface area contributed by atoms with Crippen molar-refractivity contribution in [2.45, 2.75) is 26.2 Å². The molecule has 0 fully saturated rings. The Labute approximate surface area is 56.5 Å². The Morgan fingerprint density at radius 3 is 2.67 bits per heavy atom. The van der Waals surface area contributed by atoms with Crippen LogP contribution in [0.4, 0.5) is 0 Å². The Bertz CT molecular complexity index is 87.0. The highest BCUT2D eigenvalue weighted by atomic mass is 31.1. The van der Waals surface area contributed by atoms with Crippen molar-refractivity contribution < 1.29 is 9.09 Å². The second-order valence-electron chi connectivity index (χ2n) is 1.83. The topological polar surface area (TPSA) is 52.3 Å². The van der Waals surface area contributed by atoms with Crippen LogP contribution >= 0.6 is 8.18 Å². The Kier molecular flexibility index (Phi) is 6.16. The van der Waals surface area contributed by atoms with E-state index in [1.54, 1.807) is 0 Å². The minimum absolute atomic E-state index is 0.527. The van der Waals surface area contributed by atoms with E-state index in [0.29, 0.717) is 6.61 Å². The van der Waals surface area contributed by atoms with Gasteiger partial charge in [0.25, 0.3) is 0 Å². The molecule has 0 saturated heterocycles. The SMILES string of the molecule is CCCCCO[P+](N)=O. The van der Waals surface area contributed by atoms with E-state index in [1.807, 2.05) is 0 Å². The smallest absolute Gasteiger partial charge is 0.130 e. The monoisotopic (exact) mass is 150 g/mol. The summed E-state index contributed by atoms with van der Waals surface area (Å²) in [6.45, 7) is 2.63. The molecule has 0 amide bonds. The molecule has 9 heavy (non-hydrogen) atoms. The molecule has 0 radical (unpaired) electrons. The average molecular weight is 150 g/mol. The molecule has 0 aliphatic rings. The molecule has 4 heteroatoms. The lowest BCUT2D eigenvalue weighted by atomic mass is 10.3. The molecule has 0 aromatic heterocycles. The fourth-order valence-corrected chi connectivity index (χ4v) is 0.816. The molecule has 2 N–H and O–H groups in total. The third-order valence-electron chi connectivity index (χ3n) is 0.966. The largest absolute Gasteiger partial charge is 0.610 e. The highest BCUT2D eigenvalue weighted by Crippen LogP contribution is 2.10. The molecule has 0 aliphatic carbocycles. The Balaban J connectivity index is 2.83. The molecule has 3 nitrogen and oxygen atoms in total.